The molecule has 12 heteroatoms. The average molecular weight is 654 g/mol. The lowest BCUT2D eigenvalue weighted by Gasteiger charge is -2.26. The van der Waals surface area contributed by atoms with Crippen molar-refractivity contribution in [3.05, 3.63) is 106 Å². The van der Waals surface area contributed by atoms with Gasteiger partial charge in [0.15, 0.2) is 28.8 Å². The molecule has 0 atom stereocenters. The smallest absolute Gasteiger partial charge is 0.276 e. The van der Waals surface area contributed by atoms with Gasteiger partial charge in [-0.3, -0.25) is 19.5 Å². The summed E-state index contributed by atoms with van der Waals surface area (Å²) in [7, 11) is 1.55. The monoisotopic (exact) mass is 653 g/mol. The van der Waals surface area contributed by atoms with Crippen molar-refractivity contribution in [2.75, 3.05) is 51.9 Å². The van der Waals surface area contributed by atoms with E-state index < -0.39 is 17.3 Å². The number of methoxy groups -OCH3 is 1. The van der Waals surface area contributed by atoms with E-state index in [0.29, 0.717) is 46.0 Å². The van der Waals surface area contributed by atoms with Gasteiger partial charge >= 0.3 is 0 Å². The first kappa shape index (κ1) is 32.6. The zero-order valence-electron chi connectivity index (χ0n) is 27.0. The Bertz CT molecular complexity index is 1990. The minimum atomic E-state index is -0.732. The van der Waals surface area contributed by atoms with Crippen LogP contribution in [0.5, 0.6) is 23.0 Å². The third kappa shape index (κ3) is 7.45. The van der Waals surface area contributed by atoms with Crippen LogP contribution in [0.25, 0.3) is 16.6 Å². The number of amides is 1. The molecule has 0 radical (unpaired) electrons. The number of hydrogen-bond acceptors (Lipinski definition) is 9. The number of nitrogens with one attached hydrogen (secondary N) is 1. The zero-order chi connectivity index (χ0) is 33.6. The Morgan fingerprint density at radius 1 is 0.958 bits per heavy atom. The molecule has 0 aliphatic carbocycles. The Labute approximate surface area is 276 Å². The number of carbonyl (C=O) groups is 1. The number of carbonyl (C=O) groups excluding carboxylic acids is 1. The van der Waals surface area contributed by atoms with E-state index >= 15 is 4.39 Å². The standard InChI is InChI=1S/C36H36FN5O6/c1-23-5-7-25(8-6-23)39-36(44)35-24(2)19-34(43)42(40-35)26-9-10-31(28(37)20-26)48-30-11-12-38-29-22-33(32(45-3)21-27(29)30)47-16-4-13-41-14-17-46-18-15-41/h5-12,19-22H,4,13-18H2,1-3H3,(H,39,44). The van der Waals surface area contributed by atoms with E-state index in [2.05, 4.69) is 20.3 Å². The summed E-state index contributed by atoms with van der Waals surface area (Å²) in [4.78, 5) is 32.7. The molecule has 1 aliphatic rings. The van der Waals surface area contributed by atoms with Gasteiger partial charge in [-0.25, -0.2) is 4.39 Å². The average Bonchev–Trinajstić information content (AvgIpc) is 3.09. The van der Waals surface area contributed by atoms with Crippen molar-refractivity contribution in [1.29, 1.82) is 0 Å². The van der Waals surface area contributed by atoms with Gasteiger partial charge in [0.25, 0.3) is 11.5 Å². The summed E-state index contributed by atoms with van der Waals surface area (Å²) in [6.45, 7) is 8.34. The van der Waals surface area contributed by atoms with Crippen LogP contribution in [-0.4, -0.2) is 72.1 Å². The SMILES string of the molecule is COc1cc2c(Oc3ccc(-n4nc(C(=O)Nc5ccc(C)cc5)c(C)cc4=O)cc3F)ccnc2cc1OCCCN1CCOCC1. The second-order valence-corrected chi connectivity index (χ2v) is 11.4. The van der Waals surface area contributed by atoms with Gasteiger partial charge in [0.1, 0.15) is 5.75 Å². The van der Waals surface area contributed by atoms with Crippen LogP contribution in [0.4, 0.5) is 10.1 Å². The number of pyridine rings is 1. The lowest BCUT2D eigenvalue weighted by Crippen LogP contribution is -2.37. The number of hydrogen-bond donors (Lipinski definition) is 1. The summed E-state index contributed by atoms with van der Waals surface area (Å²) in [5.74, 6) is 0.0945. The van der Waals surface area contributed by atoms with Crippen LogP contribution in [-0.2, 0) is 4.74 Å². The molecule has 0 saturated carbocycles. The summed E-state index contributed by atoms with van der Waals surface area (Å²) >= 11 is 0. The van der Waals surface area contributed by atoms with E-state index in [-0.39, 0.29) is 17.1 Å². The van der Waals surface area contributed by atoms with Crippen molar-refractivity contribution in [2.45, 2.75) is 20.3 Å². The van der Waals surface area contributed by atoms with Gasteiger partial charge in [0.05, 0.1) is 38.1 Å². The van der Waals surface area contributed by atoms with Crippen molar-refractivity contribution in [3.63, 3.8) is 0 Å². The number of morpholine rings is 1. The lowest BCUT2D eigenvalue weighted by molar-refractivity contribution is 0.0357. The number of anilines is 1. The third-order valence-electron chi connectivity index (χ3n) is 7.99. The van der Waals surface area contributed by atoms with E-state index in [1.165, 1.54) is 18.2 Å². The molecule has 1 N–H and O–H groups in total. The predicted octanol–water partition coefficient (Wildman–Crippen LogP) is 5.69. The van der Waals surface area contributed by atoms with Gasteiger partial charge in [-0.1, -0.05) is 17.7 Å². The van der Waals surface area contributed by atoms with Gasteiger partial charge in [0.2, 0.25) is 0 Å². The maximum Gasteiger partial charge on any atom is 0.276 e. The molecule has 1 saturated heterocycles. The summed E-state index contributed by atoms with van der Waals surface area (Å²) in [6.07, 6.45) is 2.41. The highest BCUT2D eigenvalue weighted by Crippen LogP contribution is 2.37. The Balaban J connectivity index is 1.19. The molecule has 2 aromatic heterocycles. The van der Waals surface area contributed by atoms with E-state index in [1.54, 1.807) is 50.6 Å². The lowest BCUT2D eigenvalue weighted by atomic mass is 10.1. The minimum Gasteiger partial charge on any atom is -0.493 e. The highest BCUT2D eigenvalue weighted by molar-refractivity contribution is 6.03. The van der Waals surface area contributed by atoms with Crippen LogP contribution < -0.4 is 25.1 Å². The Morgan fingerprint density at radius 2 is 1.75 bits per heavy atom. The number of halogens is 1. The van der Waals surface area contributed by atoms with Crippen LogP contribution in [0.3, 0.4) is 0 Å². The minimum absolute atomic E-state index is 0.0357. The van der Waals surface area contributed by atoms with Crippen LogP contribution in [0.2, 0.25) is 0 Å². The van der Waals surface area contributed by atoms with Crippen LogP contribution >= 0.6 is 0 Å². The number of nitrogens with zero attached hydrogens (tertiary/aromatic N) is 4. The number of aryl methyl sites for hydroxylation is 2. The highest BCUT2D eigenvalue weighted by Gasteiger charge is 2.18. The first-order chi connectivity index (χ1) is 23.3. The first-order valence-electron chi connectivity index (χ1n) is 15.7. The van der Waals surface area contributed by atoms with Gasteiger partial charge in [-0.05, 0) is 62.2 Å². The van der Waals surface area contributed by atoms with Crippen molar-refractivity contribution in [3.8, 4) is 28.7 Å². The molecule has 1 fully saturated rings. The second kappa shape index (κ2) is 14.6. The molecule has 0 unspecified atom stereocenters. The van der Waals surface area contributed by atoms with Crippen molar-refractivity contribution in [1.82, 2.24) is 19.7 Å². The number of ether oxygens (including phenoxy) is 4. The Hall–Kier alpha value is -5.33. The number of aromatic nitrogens is 3. The van der Waals surface area contributed by atoms with Crippen molar-refractivity contribution >= 4 is 22.5 Å². The highest BCUT2D eigenvalue weighted by atomic mass is 19.1. The summed E-state index contributed by atoms with van der Waals surface area (Å²) in [6, 6.07) is 17.8. The normalized spacial score (nSPS) is 13.3. The Morgan fingerprint density at radius 3 is 2.50 bits per heavy atom. The number of fused-ring (bicyclic) bond motifs is 1. The zero-order valence-corrected chi connectivity index (χ0v) is 27.0. The summed E-state index contributed by atoms with van der Waals surface area (Å²) in [5, 5.41) is 7.65. The molecule has 3 aromatic carbocycles. The molecule has 248 valence electrons. The van der Waals surface area contributed by atoms with Crippen LogP contribution in [0.15, 0.2) is 77.7 Å². The third-order valence-corrected chi connectivity index (χ3v) is 7.99. The molecule has 1 amide bonds. The van der Waals surface area contributed by atoms with E-state index in [4.69, 9.17) is 18.9 Å². The van der Waals surface area contributed by atoms with Crippen molar-refractivity contribution < 1.29 is 28.1 Å². The molecule has 3 heterocycles. The fraction of sp³-hybridized carbons (Fsp3) is 0.278. The molecule has 48 heavy (non-hydrogen) atoms. The van der Waals surface area contributed by atoms with Gasteiger partial charge in [-0.15, -0.1) is 0 Å². The predicted molar refractivity (Wildman–Crippen MR) is 179 cm³/mol. The van der Waals surface area contributed by atoms with Gasteiger partial charge in [-0.2, -0.15) is 9.78 Å². The van der Waals surface area contributed by atoms with Crippen molar-refractivity contribution in [2.24, 2.45) is 0 Å². The Kier molecular flexibility index (Phi) is 9.93. The van der Waals surface area contributed by atoms with Crippen LogP contribution in [0.1, 0.15) is 28.0 Å². The van der Waals surface area contributed by atoms with Gasteiger partial charge < -0.3 is 24.3 Å². The molecule has 11 nitrogen and oxygen atoms in total. The molecule has 5 aromatic rings. The van der Waals surface area contributed by atoms with E-state index in [9.17, 15) is 9.59 Å². The fourth-order valence-corrected chi connectivity index (χ4v) is 5.39. The second-order valence-electron chi connectivity index (χ2n) is 11.4. The maximum atomic E-state index is 15.5. The molecule has 0 spiro atoms. The number of rotatable bonds is 11. The fourth-order valence-electron chi connectivity index (χ4n) is 5.39. The number of benzene rings is 3. The molecular formula is C36H36FN5O6. The molecule has 0 bridgehead atoms. The van der Waals surface area contributed by atoms with E-state index in [0.717, 1.165) is 55.6 Å². The molecule has 1 aliphatic heterocycles. The summed E-state index contributed by atoms with van der Waals surface area (Å²) in [5.41, 5.74) is 2.26. The topological polar surface area (TPSA) is 117 Å². The summed E-state index contributed by atoms with van der Waals surface area (Å²) < 4.78 is 39.6. The first-order valence-corrected chi connectivity index (χ1v) is 15.7. The van der Waals surface area contributed by atoms with Gasteiger partial charge in [0, 0.05) is 55.1 Å². The quantitative estimate of drug-likeness (QED) is 0.180. The molecule has 6 rings (SSSR count). The largest absolute Gasteiger partial charge is 0.493 e. The maximum absolute atomic E-state index is 15.5. The molecular weight excluding hydrogens is 617 g/mol. The van der Waals surface area contributed by atoms with Crippen LogP contribution in [0, 0.1) is 19.7 Å². The van der Waals surface area contributed by atoms with E-state index in [1.807, 2.05) is 19.1 Å².